The Balaban J connectivity index is 2.39. The largest absolute Gasteiger partial charge is 0.470 e. The molecule has 72 valence electrons. The summed E-state index contributed by atoms with van der Waals surface area (Å²) in [5.41, 5.74) is 1.83. The molecule has 0 atom stereocenters. The van der Waals surface area contributed by atoms with Crippen LogP contribution in [0.3, 0.4) is 0 Å². The lowest BCUT2D eigenvalue weighted by molar-refractivity contribution is -0.110. The SMILES string of the molecule is O=C1Nc2ccccc2C1=COCF. The fourth-order valence-electron chi connectivity index (χ4n) is 1.37. The van der Waals surface area contributed by atoms with Gasteiger partial charge in [-0.15, -0.1) is 0 Å². The van der Waals surface area contributed by atoms with Gasteiger partial charge in [-0.05, 0) is 6.07 Å². The maximum absolute atomic E-state index is 11.8. The molecule has 0 aliphatic carbocycles. The lowest BCUT2D eigenvalue weighted by Crippen LogP contribution is -2.03. The van der Waals surface area contributed by atoms with Crippen LogP contribution in [-0.4, -0.2) is 12.8 Å². The number of benzene rings is 1. The van der Waals surface area contributed by atoms with Crippen molar-refractivity contribution >= 4 is 17.2 Å². The lowest BCUT2D eigenvalue weighted by Gasteiger charge is -1.96. The number of carbonyl (C=O) groups excluding carboxylic acids is 1. The van der Waals surface area contributed by atoms with Crippen molar-refractivity contribution < 1.29 is 13.9 Å². The van der Waals surface area contributed by atoms with Crippen molar-refractivity contribution in [2.45, 2.75) is 0 Å². The molecular formula is C10H8FNO2. The van der Waals surface area contributed by atoms with Gasteiger partial charge >= 0.3 is 0 Å². The smallest absolute Gasteiger partial charge is 0.259 e. The minimum absolute atomic E-state index is 0.264. The van der Waals surface area contributed by atoms with E-state index in [9.17, 15) is 9.18 Å². The maximum Gasteiger partial charge on any atom is 0.259 e. The van der Waals surface area contributed by atoms with Crippen LogP contribution in [0.2, 0.25) is 0 Å². The van der Waals surface area contributed by atoms with Crippen molar-refractivity contribution in [1.29, 1.82) is 0 Å². The van der Waals surface area contributed by atoms with Crippen molar-refractivity contribution in [3.05, 3.63) is 36.1 Å². The molecule has 2 rings (SSSR count). The van der Waals surface area contributed by atoms with Crippen molar-refractivity contribution in [1.82, 2.24) is 0 Å². The van der Waals surface area contributed by atoms with Crippen LogP contribution < -0.4 is 5.32 Å². The van der Waals surface area contributed by atoms with E-state index < -0.39 is 6.86 Å². The Kier molecular flexibility index (Phi) is 2.18. The number of nitrogens with one attached hydrogen (secondary N) is 1. The molecule has 1 aliphatic rings. The first-order chi connectivity index (χ1) is 6.83. The minimum atomic E-state index is -0.932. The van der Waals surface area contributed by atoms with Crippen molar-refractivity contribution in [3.63, 3.8) is 0 Å². The van der Waals surface area contributed by atoms with Gasteiger partial charge < -0.3 is 10.1 Å². The maximum atomic E-state index is 11.8. The van der Waals surface area contributed by atoms with E-state index in [0.29, 0.717) is 5.57 Å². The van der Waals surface area contributed by atoms with Crippen molar-refractivity contribution in [2.24, 2.45) is 0 Å². The second-order valence-electron chi connectivity index (χ2n) is 2.81. The van der Waals surface area contributed by atoms with Crippen LogP contribution in [0.1, 0.15) is 5.56 Å². The summed E-state index contributed by atoms with van der Waals surface area (Å²) >= 11 is 0. The molecule has 3 nitrogen and oxygen atoms in total. The van der Waals surface area contributed by atoms with Crippen LogP contribution in [0.4, 0.5) is 10.1 Å². The predicted octanol–water partition coefficient (Wildman–Crippen LogP) is 1.92. The zero-order valence-corrected chi connectivity index (χ0v) is 7.29. The fourth-order valence-corrected chi connectivity index (χ4v) is 1.37. The van der Waals surface area contributed by atoms with Crippen LogP contribution in [-0.2, 0) is 9.53 Å². The molecule has 0 bridgehead atoms. The molecule has 1 aliphatic heterocycles. The molecule has 1 aromatic carbocycles. The van der Waals surface area contributed by atoms with E-state index in [0.717, 1.165) is 17.5 Å². The first kappa shape index (κ1) is 8.74. The number of anilines is 1. The minimum Gasteiger partial charge on any atom is -0.470 e. The zero-order valence-electron chi connectivity index (χ0n) is 7.29. The molecule has 4 heteroatoms. The molecule has 14 heavy (non-hydrogen) atoms. The number of ether oxygens (including phenoxy) is 1. The molecule has 1 amide bonds. The molecule has 1 N–H and O–H groups in total. The molecular weight excluding hydrogens is 185 g/mol. The predicted molar refractivity (Wildman–Crippen MR) is 50.1 cm³/mol. The number of hydrogen-bond acceptors (Lipinski definition) is 2. The van der Waals surface area contributed by atoms with Crippen LogP contribution in [0.25, 0.3) is 5.57 Å². The highest BCUT2D eigenvalue weighted by Gasteiger charge is 2.23. The van der Waals surface area contributed by atoms with Crippen LogP contribution >= 0.6 is 0 Å². The molecule has 0 saturated carbocycles. The van der Waals surface area contributed by atoms with E-state index in [2.05, 4.69) is 10.1 Å². The third-order valence-electron chi connectivity index (χ3n) is 1.97. The van der Waals surface area contributed by atoms with E-state index in [-0.39, 0.29) is 5.91 Å². The molecule has 0 fully saturated rings. The highest BCUT2D eigenvalue weighted by molar-refractivity contribution is 6.31. The number of amides is 1. The summed E-state index contributed by atoms with van der Waals surface area (Å²) in [6.07, 6.45) is 1.14. The van der Waals surface area contributed by atoms with Crippen molar-refractivity contribution in [3.8, 4) is 0 Å². The number of para-hydroxylation sites is 1. The Morgan fingerprint density at radius 1 is 1.43 bits per heavy atom. The Morgan fingerprint density at radius 3 is 3.00 bits per heavy atom. The van der Waals surface area contributed by atoms with Gasteiger partial charge in [-0.25, -0.2) is 4.39 Å². The summed E-state index contributed by atoms with van der Waals surface area (Å²) in [4.78, 5) is 11.4. The third-order valence-corrected chi connectivity index (χ3v) is 1.97. The molecule has 0 radical (unpaired) electrons. The topological polar surface area (TPSA) is 38.3 Å². The molecule has 0 spiro atoms. The summed E-state index contributed by atoms with van der Waals surface area (Å²) in [5.74, 6) is -0.264. The van der Waals surface area contributed by atoms with Gasteiger partial charge in [-0.3, -0.25) is 4.79 Å². The summed E-state index contributed by atoms with van der Waals surface area (Å²) in [6.45, 7) is -0.932. The fraction of sp³-hybridized carbons (Fsp3) is 0.100. The average Bonchev–Trinajstić information content (AvgIpc) is 2.51. The Morgan fingerprint density at radius 2 is 2.21 bits per heavy atom. The first-order valence-corrected chi connectivity index (χ1v) is 4.11. The number of hydrogen-bond donors (Lipinski definition) is 1. The number of rotatable bonds is 2. The van der Waals surface area contributed by atoms with E-state index in [1.165, 1.54) is 0 Å². The van der Waals surface area contributed by atoms with Gasteiger partial charge in [0, 0.05) is 11.3 Å². The number of fused-ring (bicyclic) bond motifs is 1. The van der Waals surface area contributed by atoms with Gasteiger partial charge in [0.1, 0.15) is 0 Å². The Hall–Kier alpha value is -1.84. The highest BCUT2D eigenvalue weighted by atomic mass is 19.1. The summed E-state index contributed by atoms with van der Waals surface area (Å²) in [5, 5.41) is 2.65. The van der Waals surface area contributed by atoms with Gasteiger partial charge in [-0.1, -0.05) is 18.2 Å². The Bertz CT molecular complexity index is 401. The second kappa shape index (κ2) is 3.49. The molecule has 1 heterocycles. The normalized spacial score (nSPS) is 16.6. The third kappa shape index (κ3) is 1.35. The van der Waals surface area contributed by atoms with Gasteiger partial charge in [-0.2, -0.15) is 0 Å². The van der Waals surface area contributed by atoms with Gasteiger partial charge in [0.05, 0.1) is 11.8 Å². The van der Waals surface area contributed by atoms with E-state index in [4.69, 9.17) is 0 Å². The second-order valence-corrected chi connectivity index (χ2v) is 2.81. The number of carbonyl (C=O) groups is 1. The molecule has 0 unspecified atom stereocenters. The number of halogens is 1. The highest BCUT2D eigenvalue weighted by Crippen LogP contribution is 2.30. The van der Waals surface area contributed by atoms with Crippen LogP contribution in [0.15, 0.2) is 30.5 Å². The lowest BCUT2D eigenvalue weighted by atomic mass is 10.1. The van der Waals surface area contributed by atoms with Gasteiger partial charge in [0.2, 0.25) is 6.86 Å². The average molecular weight is 193 g/mol. The Labute approximate surface area is 80.2 Å². The van der Waals surface area contributed by atoms with E-state index in [1.807, 2.05) is 12.1 Å². The molecule has 1 aromatic rings. The summed E-state index contributed by atoms with van der Waals surface area (Å²) < 4.78 is 16.2. The van der Waals surface area contributed by atoms with E-state index >= 15 is 0 Å². The van der Waals surface area contributed by atoms with Crippen LogP contribution in [0.5, 0.6) is 0 Å². The number of alkyl halides is 1. The first-order valence-electron chi connectivity index (χ1n) is 4.11. The quantitative estimate of drug-likeness (QED) is 0.575. The van der Waals surface area contributed by atoms with Gasteiger partial charge in [0.15, 0.2) is 0 Å². The molecule has 0 saturated heterocycles. The van der Waals surface area contributed by atoms with Gasteiger partial charge in [0.25, 0.3) is 5.91 Å². The van der Waals surface area contributed by atoms with Crippen LogP contribution in [0, 0.1) is 0 Å². The summed E-state index contributed by atoms with van der Waals surface area (Å²) in [7, 11) is 0. The monoisotopic (exact) mass is 193 g/mol. The van der Waals surface area contributed by atoms with E-state index in [1.54, 1.807) is 12.1 Å². The molecule has 0 aromatic heterocycles. The standard InChI is InChI=1S/C10H8FNO2/c11-6-14-5-8-7-3-1-2-4-9(7)12-10(8)13/h1-5H,6H2,(H,12,13). The summed E-state index contributed by atoms with van der Waals surface area (Å²) in [6, 6.07) is 7.19. The van der Waals surface area contributed by atoms with Crippen molar-refractivity contribution in [2.75, 3.05) is 12.2 Å². The zero-order chi connectivity index (χ0) is 9.97.